The first kappa shape index (κ1) is 21.5. The summed E-state index contributed by atoms with van der Waals surface area (Å²) in [6.45, 7) is 12.2. The molecule has 0 fully saturated rings. The maximum absolute atomic E-state index is 12.1. The first-order chi connectivity index (χ1) is 13.9. The van der Waals surface area contributed by atoms with Crippen molar-refractivity contribution in [3.05, 3.63) is 46.5 Å². The van der Waals surface area contributed by atoms with Gasteiger partial charge in [0.1, 0.15) is 12.4 Å². The van der Waals surface area contributed by atoms with Crippen molar-refractivity contribution in [3.63, 3.8) is 0 Å². The van der Waals surface area contributed by atoms with Crippen LogP contribution < -0.4 is 5.32 Å². The Balaban J connectivity index is 1.74. The number of ether oxygens (including phenoxy) is 1. The number of nitrogens with one attached hydrogen (secondary N) is 1. The van der Waals surface area contributed by atoms with E-state index in [1.807, 2.05) is 0 Å². The van der Waals surface area contributed by atoms with Gasteiger partial charge >= 0.3 is 0 Å². The summed E-state index contributed by atoms with van der Waals surface area (Å²) >= 11 is 0. The van der Waals surface area contributed by atoms with Crippen molar-refractivity contribution in [2.75, 3.05) is 26.8 Å². The van der Waals surface area contributed by atoms with Crippen LogP contribution in [0.5, 0.6) is 0 Å². The largest absolute Gasteiger partial charge is 0.375 e. The van der Waals surface area contributed by atoms with E-state index in [1.165, 1.54) is 23.8 Å². The summed E-state index contributed by atoms with van der Waals surface area (Å²) in [6.07, 6.45) is 0.856. The topological polar surface area (TPSA) is 72.3 Å². The minimum atomic E-state index is -0.176. The van der Waals surface area contributed by atoms with E-state index in [0.717, 1.165) is 44.2 Å². The van der Waals surface area contributed by atoms with Crippen LogP contribution in [0.15, 0.2) is 18.2 Å². The van der Waals surface area contributed by atoms with Gasteiger partial charge in [0.25, 0.3) is 0 Å². The minimum absolute atomic E-state index is 0.0494. The Morgan fingerprint density at radius 2 is 2.00 bits per heavy atom. The van der Waals surface area contributed by atoms with E-state index in [9.17, 15) is 4.79 Å². The molecule has 29 heavy (non-hydrogen) atoms. The molecule has 1 amide bonds. The fourth-order valence-corrected chi connectivity index (χ4v) is 3.86. The lowest BCUT2D eigenvalue weighted by Crippen LogP contribution is -2.36. The van der Waals surface area contributed by atoms with Crippen molar-refractivity contribution in [2.45, 2.75) is 53.2 Å². The van der Waals surface area contributed by atoms with E-state index in [0.29, 0.717) is 0 Å². The molecule has 1 unspecified atom stereocenters. The molecule has 1 atom stereocenters. The van der Waals surface area contributed by atoms with Gasteiger partial charge in [0.15, 0.2) is 5.82 Å². The van der Waals surface area contributed by atoms with Crippen LogP contribution in [0.3, 0.4) is 0 Å². The molecule has 0 saturated carbocycles. The number of carbonyl (C=O) groups excluding carboxylic acids is 1. The number of carbonyl (C=O) groups is 1. The van der Waals surface area contributed by atoms with Crippen molar-refractivity contribution < 1.29 is 9.53 Å². The Morgan fingerprint density at radius 1 is 1.21 bits per heavy atom. The Morgan fingerprint density at radius 3 is 2.72 bits per heavy atom. The summed E-state index contributed by atoms with van der Waals surface area (Å²) in [5, 5.41) is 12.0. The van der Waals surface area contributed by atoms with Gasteiger partial charge in [0.05, 0.1) is 6.04 Å². The molecule has 0 saturated heterocycles. The first-order valence-electron chi connectivity index (χ1n) is 10.4. The molecule has 0 bridgehead atoms. The molecular weight excluding hydrogens is 366 g/mol. The van der Waals surface area contributed by atoms with Crippen LogP contribution in [0.4, 0.5) is 0 Å². The standard InChI is InChI=1S/C22H33N5O2/c1-15(2)21(23-20(28)14-29-5)22-25-24-19-8-9-26(10-11-27(19)22)13-18-12-16(3)6-7-17(18)4/h6-7,12,15,21H,8-11,13-14H2,1-5H3,(H,23,28). The first-order valence-corrected chi connectivity index (χ1v) is 10.4. The van der Waals surface area contributed by atoms with Gasteiger partial charge in [-0.2, -0.15) is 0 Å². The summed E-state index contributed by atoms with van der Waals surface area (Å²) in [5.74, 6) is 1.91. The van der Waals surface area contributed by atoms with Gasteiger partial charge in [0, 0.05) is 39.7 Å². The SMILES string of the molecule is COCC(=O)NC(c1nnc2n1CCN(Cc1cc(C)ccc1C)CC2)C(C)C. The maximum atomic E-state index is 12.1. The maximum Gasteiger partial charge on any atom is 0.246 e. The number of hydrogen-bond donors (Lipinski definition) is 1. The van der Waals surface area contributed by atoms with Crippen molar-refractivity contribution in [3.8, 4) is 0 Å². The smallest absolute Gasteiger partial charge is 0.246 e. The number of methoxy groups -OCH3 is 1. The van der Waals surface area contributed by atoms with Gasteiger partial charge in [0.2, 0.25) is 5.91 Å². The predicted octanol–water partition coefficient (Wildman–Crippen LogP) is 2.41. The monoisotopic (exact) mass is 399 g/mol. The van der Waals surface area contributed by atoms with Crippen molar-refractivity contribution in [2.24, 2.45) is 5.92 Å². The summed E-state index contributed by atoms with van der Waals surface area (Å²) < 4.78 is 7.16. The number of aryl methyl sites for hydroxylation is 2. The molecule has 1 aliphatic rings. The summed E-state index contributed by atoms with van der Waals surface area (Å²) in [5.41, 5.74) is 4.02. The lowest BCUT2D eigenvalue weighted by Gasteiger charge is -2.23. The number of rotatable bonds is 7. The Bertz CT molecular complexity index is 846. The molecule has 0 spiro atoms. The van der Waals surface area contributed by atoms with Crippen molar-refractivity contribution in [1.29, 1.82) is 0 Å². The van der Waals surface area contributed by atoms with E-state index >= 15 is 0 Å². The van der Waals surface area contributed by atoms with Crippen LogP contribution in [0.2, 0.25) is 0 Å². The van der Waals surface area contributed by atoms with Crippen molar-refractivity contribution >= 4 is 5.91 Å². The van der Waals surface area contributed by atoms with E-state index in [2.05, 4.69) is 70.9 Å². The van der Waals surface area contributed by atoms with Crippen LogP contribution in [0.1, 0.15) is 48.2 Å². The Kier molecular flexibility index (Phi) is 7.03. The Hall–Kier alpha value is -2.25. The number of aromatic nitrogens is 3. The zero-order valence-corrected chi connectivity index (χ0v) is 18.2. The van der Waals surface area contributed by atoms with Gasteiger partial charge in [-0.05, 0) is 30.9 Å². The van der Waals surface area contributed by atoms with Crippen molar-refractivity contribution in [1.82, 2.24) is 25.0 Å². The molecule has 1 aromatic carbocycles. The minimum Gasteiger partial charge on any atom is -0.375 e. The zero-order valence-electron chi connectivity index (χ0n) is 18.2. The van der Waals surface area contributed by atoms with Gasteiger partial charge in [-0.3, -0.25) is 9.69 Å². The third-order valence-corrected chi connectivity index (χ3v) is 5.58. The average molecular weight is 400 g/mol. The van der Waals surface area contributed by atoms with E-state index < -0.39 is 0 Å². The molecule has 1 aliphatic heterocycles. The Labute approximate surface area is 173 Å². The molecule has 3 rings (SSSR count). The van der Waals surface area contributed by atoms with Crippen LogP contribution >= 0.6 is 0 Å². The summed E-state index contributed by atoms with van der Waals surface area (Å²) in [4.78, 5) is 14.6. The third kappa shape index (κ3) is 5.22. The second kappa shape index (κ2) is 9.50. The number of amides is 1. The van der Waals surface area contributed by atoms with Crippen LogP contribution in [0, 0.1) is 19.8 Å². The second-order valence-corrected chi connectivity index (χ2v) is 8.30. The molecule has 158 valence electrons. The highest BCUT2D eigenvalue weighted by atomic mass is 16.5. The molecule has 2 aromatic rings. The highest BCUT2D eigenvalue weighted by Crippen LogP contribution is 2.23. The molecule has 7 heteroatoms. The summed E-state index contributed by atoms with van der Waals surface area (Å²) in [7, 11) is 1.53. The highest BCUT2D eigenvalue weighted by Gasteiger charge is 2.27. The molecule has 1 N–H and O–H groups in total. The summed E-state index contributed by atoms with van der Waals surface area (Å²) in [6, 6.07) is 6.47. The fourth-order valence-electron chi connectivity index (χ4n) is 3.86. The van der Waals surface area contributed by atoms with Gasteiger partial charge in [-0.25, -0.2) is 0 Å². The van der Waals surface area contributed by atoms with E-state index in [-0.39, 0.29) is 24.5 Å². The van der Waals surface area contributed by atoms with Gasteiger partial charge < -0.3 is 14.6 Å². The van der Waals surface area contributed by atoms with E-state index in [4.69, 9.17) is 4.74 Å². The lowest BCUT2D eigenvalue weighted by atomic mass is 10.0. The van der Waals surface area contributed by atoms with Gasteiger partial charge in [-0.1, -0.05) is 37.6 Å². The van der Waals surface area contributed by atoms with E-state index in [1.54, 1.807) is 0 Å². The molecule has 2 heterocycles. The average Bonchev–Trinajstić information content (AvgIpc) is 2.96. The molecule has 0 radical (unpaired) electrons. The van der Waals surface area contributed by atoms with Crippen LogP contribution in [-0.2, 0) is 29.0 Å². The number of fused-ring (bicyclic) bond motifs is 1. The third-order valence-electron chi connectivity index (χ3n) is 5.58. The quantitative estimate of drug-likeness (QED) is 0.774. The highest BCUT2D eigenvalue weighted by molar-refractivity contribution is 5.77. The number of hydrogen-bond acceptors (Lipinski definition) is 5. The molecule has 1 aromatic heterocycles. The molecule has 0 aliphatic carbocycles. The van der Waals surface area contributed by atoms with Crippen LogP contribution in [0.25, 0.3) is 0 Å². The second-order valence-electron chi connectivity index (χ2n) is 8.30. The lowest BCUT2D eigenvalue weighted by molar-refractivity contribution is -0.125. The predicted molar refractivity (Wildman–Crippen MR) is 113 cm³/mol. The number of benzene rings is 1. The zero-order chi connectivity index (χ0) is 21.0. The van der Waals surface area contributed by atoms with Gasteiger partial charge in [-0.15, -0.1) is 10.2 Å². The fraction of sp³-hybridized carbons (Fsp3) is 0.591. The normalized spacial score (nSPS) is 15.8. The number of nitrogens with zero attached hydrogens (tertiary/aromatic N) is 4. The van der Waals surface area contributed by atoms with Crippen LogP contribution in [-0.4, -0.2) is 52.4 Å². The molecule has 7 nitrogen and oxygen atoms in total. The molecular formula is C22H33N5O2.